The lowest BCUT2D eigenvalue weighted by Crippen LogP contribution is -2.29. The van der Waals surface area contributed by atoms with E-state index >= 15 is 0 Å². The molecular weight excluding hydrogens is 881 g/mol. The van der Waals surface area contributed by atoms with Crippen LogP contribution >= 0.6 is 55.1 Å². The largest absolute Gasteiger partial charge is 0.487 e. The van der Waals surface area contributed by atoms with Crippen molar-refractivity contribution in [3.05, 3.63) is 113 Å². The van der Waals surface area contributed by atoms with E-state index in [2.05, 4.69) is 59.9 Å². The molecular formula is C39H37Br2Cl2N5O7. The number of amides is 1. The molecule has 12 nitrogen and oxygen atoms in total. The Hall–Kier alpha value is -4.99. The number of halogens is 4. The van der Waals surface area contributed by atoms with Gasteiger partial charge in [0.15, 0.2) is 5.75 Å². The molecule has 0 heterocycles. The number of carboxylic acids is 2. The Balaban J connectivity index is 0.000000297. The number of anilines is 2. The van der Waals surface area contributed by atoms with Crippen molar-refractivity contribution < 1.29 is 34.1 Å². The molecule has 1 amide bonds. The molecule has 0 aliphatic rings. The summed E-state index contributed by atoms with van der Waals surface area (Å²) in [6.45, 7) is 7.90. The number of ether oxygens (including phenoxy) is 2. The Labute approximate surface area is 345 Å². The third-order valence-electron chi connectivity index (χ3n) is 6.99. The van der Waals surface area contributed by atoms with Gasteiger partial charge in [0, 0.05) is 29.0 Å². The Morgan fingerprint density at radius 3 is 1.55 bits per heavy atom. The predicted molar refractivity (Wildman–Crippen MR) is 218 cm³/mol. The molecule has 16 heteroatoms. The topological polar surface area (TPSA) is 194 Å². The van der Waals surface area contributed by atoms with Crippen LogP contribution in [0, 0.1) is 22.7 Å². The van der Waals surface area contributed by atoms with E-state index in [1.54, 1.807) is 36.4 Å². The van der Waals surface area contributed by atoms with Gasteiger partial charge in [-0.3, -0.25) is 14.4 Å². The number of benzene rings is 4. The highest BCUT2D eigenvalue weighted by molar-refractivity contribution is 9.11. The fourth-order valence-electron chi connectivity index (χ4n) is 4.94. The summed E-state index contributed by atoms with van der Waals surface area (Å²) in [6, 6.07) is 21.7. The molecule has 0 aromatic heterocycles. The van der Waals surface area contributed by atoms with Gasteiger partial charge in [0.1, 0.15) is 25.5 Å². The maximum atomic E-state index is 12.0. The number of rotatable bonds is 15. The molecule has 0 aliphatic heterocycles. The maximum Gasteiger partial charge on any atom is 0.322 e. The van der Waals surface area contributed by atoms with Gasteiger partial charge in [-0.25, -0.2) is 0 Å². The molecule has 0 aliphatic carbocycles. The van der Waals surface area contributed by atoms with Crippen LogP contribution in [0.1, 0.15) is 65.9 Å². The van der Waals surface area contributed by atoms with Gasteiger partial charge in [-0.2, -0.15) is 10.5 Å². The quantitative estimate of drug-likeness (QED) is 0.0763. The van der Waals surface area contributed by atoms with Crippen molar-refractivity contribution in [3.63, 3.8) is 0 Å². The van der Waals surface area contributed by atoms with E-state index in [-0.39, 0.29) is 53.1 Å². The molecule has 4 aromatic rings. The summed E-state index contributed by atoms with van der Waals surface area (Å²) in [5, 5.41) is 44.9. The molecule has 0 fully saturated rings. The Morgan fingerprint density at radius 2 is 1.15 bits per heavy atom. The SMILES string of the molecule is CC(C)Nc1cc(C#N)cc(COc2c(Br)cc(CC(=O)O)cc2Br)c1.CC(C)Nc1cc(C#N)cc(COc2c(Cl)cc(C(=O)NCC(=O)O)cc2Cl)c1. The van der Waals surface area contributed by atoms with Crippen molar-refractivity contribution in [1.29, 1.82) is 10.5 Å². The number of nitrogens with zero attached hydrogens (tertiary/aromatic N) is 2. The van der Waals surface area contributed by atoms with E-state index in [1.807, 2.05) is 39.8 Å². The molecule has 0 atom stereocenters. The number of nitrogens with one attached hydrogen (secondary N) is 3. The van der Waals surface area contributed by atoms with E-state index in [0.29, 0.717) is 31.4 Å². The highest BCUT2D eigenvalue weighted by Crippen LogP contribution is 2.36. The maximum absolute atomic E-state index is 12.0. The van der Waals surface area contributed by atoms with Gasteiger partial charge in [0.2, 0.25) is 0 Å². The predicted octanol–water partition coefficient (Wildman–Crippen LogP) is 9.19. The minimum Gasteiger partial charge on any atom is -0.487 e. The summed E-state index contributed by atoms with van der Waals surface area (Å²) in [7, 11) is 0. The van der Waals surface area contributed by atoms with Crippen LogP contribution in [-0.2, 0) is 29.2 Å². The third kappa shape index (κ3) is 14.6. The first-order valence-electron chi connectivity index (χ1n) is 16.5. The van der Waals surface area contributed by atoms with E-state index in [9.17, 15) is 24.9 Å². The molecule has 288 valence electrons. The first kappa shape index (κ1) is 44.4. The van der Waals surface area contributed by atoms with Gasteiger partial charge in [0.25, 0.3) is 5.91 Å². The van der Waals surface area contributed by atoms with Gasteiger partial charge in [-0.15, -0.1) is 0 Å². The summed E-state index contributed by atoms with van der Waals surface area (Å²) in [5.74, 6) is -1.91. The summed E-state index contributed by atoms with van der Waals surface area (Å²) < 4.78 is 12.9. The van der Waals surface area contributed by atoms with E-state index in [4.69, 9.17) is 42.9 Å². The van der Waals surface area contributed by atoms with Crippen molar-refractivity contribution in [2.24, 2.45) is 0 Å². The molecule has 0 bridgehead atoms. The van der Waals surface area contributed by atoms with Gasteiger partial charge in [0.05, 0.1) is 48.7 Å². The monoisotopic (exact) mass is 915 g/mol. The van der Waals surface area contributed by atoms with Crippen LogP contribution in [0.2, 0.25) is 10.0 Å². The normalized spacial score (nSPS) is 10.4. The first-order valence-corrected chi connectivity index (χ1v) is 18.9. The van der Waals surface area contributed by atoms with Crippen LogP contribution in [0.25, 0.3) is 0 Å². The van der Waals surface area contributed by atoms with Crippen LogP contribution in [0.3, 0.4) is 0 Å². The molecule has 0 unspecified atom stereocenters. The van der Waals surface area contributed by atoms with Crippen molar-refractivity contribution >= 4 is 84.3 Å². The minimum absolute atomic E-state index is 0.0636. The van der Waals surface area contributed by atoms with Crippen LogP contribution < -0.4 is 25.4 Å². The molecule has 4 aromatic carbocycles. The molecule has 4 rings (SSSR count). The van der Waals surface area contributed by atoms with Crippen LogP contribution in [-0.4, -0.2) is 46.7 Å². The Bertz CT molecular complexity index is 2090. The van der Waals surface area contributed by atoms with Crippen LogP contribution in [0.4, 0.5) is 11.4 Å². The number of nitriles is 2. The van der Waals surface area contributed by atoms with Gasteiger partial charge < -0.3 is 35.6 Å². The lowest BCUT2D eigenvalue weighted by molar-refractivity contribution is -0.137. The van der Waals surface area contributed by atoms with Gasteiger partial charge in [-0.1, -0.05) is 23.2 Å². The summed E-state index contributed by atoms with van der Waals surface area (Å²) in [6.07, 6.45) is -0.0636. The number of aliphatic carboxylic acids is 2. The average Bonchev–Trinajstić information content (AvgIpc) is 3.09. The molecule has 5 N–H and O–H groups in total. The summed E-state index contributed by atoms with van der Waals surface area (Å²) in [4.78, 5) is 33.4. The fraction of sp³-hybridized carbons (Fsp3) is 0.256. The Kier molecular flexibility index (Phi) is 17.1. The second-order valence-corrected chi connectivity index (χ2v) is 15.1. The highest BCUT2D eigenvalue weighted by atomic mass is 79.9. The van der Waals surface area contributed by atoms with E-state index < -0.39 is 24.4 Å². The van der Waals surface area contributed by atoms with E-state index in [0.717, 1.165) is 22.5 Å². The number of carboxylic acid groups (broad SMARTS) is 2. The summed E-state index contributed by atoms with van der Waals surface area (Å²) in [5.41, 5.74) is 5.08. The second-order valence-electron chi connectivity index (χ2n) is 12.5. The molecule has 0 radical (unpaired) electrons. The van der Waals surface area contributed by atoms with Gasteiger partial charge >= 0.3 is 11.9 Å². The van der Waals surface area contributed by atoms with Crippen molar-refractivity contribution in [3.8, 4) is 23.6 Å². The molecule has 55 heavy (non-hydrogen) atoms. The van der Waals surface area contributed by atoms with Gasteiger partial charge in [-0.05, 0) is 137 Å². The number of carbonyl (C=O) groups excluding carboxylic acids is 1. The van der Waals surface area contributed by atoms with Crippen molar-refractivity contribution in [1.82, 2.24) is 5.32 Å². The molecule has 0 saturated heterocycles. The zero-order valence-electron chi connectivity index (χ0n) is 30.1. The van der Waals surface area contributed by atoms with Crippen molar-refractivity contribution in [2.45, 2.75) is 59.4 Å². The zero-order valence-corrected chi connectivity index (χ0v) is 34.8. The number of carbonyl (C=O) groups is 3. The third-order valence-corrected chi connectivity index (χ3v) is 8.73. The molecule has 0 spiro atoms. The second kappa shape index (κ2) is 21.2. The fourth-order valence-corrected chi connectivity index (χ4v) is 7.04. The van der Waals surface area contributed by atoms with Crippen LogP contribution in [0.15, 0.2) is 69.6 Å². The number of hydrogen-bond acceptors (Lipinski definition) is 9. The smallest absolute Gasteiger partial charge is 0.322 e. The average molecular weight is 918 g/mol. The zero-order chi connectivity index (χ0) is 40.8. The Morgan fingerprint density at radius 1 is 0.691 bits per heavy atom. The lowest BCUT2D eigenvalue weighted by atomic mass is 10.1. The lowest BCUT2D eigenvalue weighted by Gasteiger charge is -2.14. The highest BCUT2D eigenvalue weighted by Gasteiger charge is 2.16. The molecule has 0 saturated carbocycles. The minimum atomic E-state index is -1.17. The standard InChI is InChI=1S/C20H19Cl2N3O4.C19H18Br2N2O3/c1-11(2)25-15-4-12(8-23)3-13(5-15)10-29-19-16(21)6-14(7-17(19)22)20(28)24-9-18(26)27;1-11(2)23-15-4-13(9-22)3-14(5-15)10-26-19-16(20)6-12(7-17(19)21)8-18(24)25/h3-7,11,25H,9-10H2,1-2H3,(H,24,28)(H,26,27);3-7,11,23H,8,10H2,1-2H3,(H,24,25). The summed E-state index contributed by atoms with van der Waals surface area (Å²) >= 11 is 19.2. The first-order chi connectivity index (χ1) is 26.0. The van der Waals surface area contributed by atoms with Crippen molar-refractivity contribution in [2.75, 3.05) is 17.2 Å². The van der Waals surface area contributed by atoms with Crippen LogP contribution in [0.5, 0.6) is 11.5 Å². The van der Waals surface area contributed by atoms with E-state index in [1.165, 1.54) is 12.1 Å². The number of hydrogen-bond donors (Lipinski definition) is 5.